The van der Waals surface area contributed by atoms with Crippen molar-refractivity contribution in [1.29, 1.82) is 0 Å². The van der Waals surface area contributed by atoms with Gasteiger partial charge in [0.15, 0.2) is 0 Å². The molecule has 0 fully saturated rings. The molecule has 2 heterocycles. The van der Waals surface area contributed by atoms with Crippen LogP contribution >= 0.6 is 0 Å². The highest BCUT2D eigenvalue weighted by Gasteiger charge is 2.13. The van der Waals surface area contributed by atoms with Crippen LogP contribution in [0.4, 0.5) is 27.4 Å². The van der Waals surface area contributed by atoms with Crippen LogP contribution in [0.3, 0.4) is 0 Å². The fourth-order valence-electron chi connectivity index (χ4n) is 3.67. The first-order valence-electron chi connectivity index (χ1n) is 11.1. The van der Waals surface area contributed by atoms with Crippen LogP contribution in [0.1, 0.15) is 0 Å². The zero-order valence-corrected chi connectivity index (χ0v) is 20.0. The summed E-state index contributed by atoms with van der Waals surface area (Å²) in [6, 6.07) is 14.0. The molecular weight excluding hydrogens is 445 g/mol. The summed E-state index contributed by atoms with van der Waals surface area (Å²) in [5.41, 5.74) is 4.41. The molecule has 0 spiro atoms. The van der Waals surface area contributed by atoms with Crippen molar-refractivity contribution < 1.29 is 9.18 Å². The summed E-state index contributed by atoms with van der Waals surface area (Å²) >= 11 is 0. The quantitative estimate of drug-likeness (QED) is 0.351. The van der Waals surface area contributed by atoms with Gasteiger partial charge in [0.2, 0.25) is 11.9 Å². The van der Waals surface area contributed by atoms with E-state index in [9.17, 15) is 9.18 Å². The van der Waals surface area contributed by atoms with Crippen LogP contribution < -0.4 is 15.5 Å². The molecule has 0 aliphatic carbocycles. The minimum atomic E-state index is -0.306. The molecule has 180 valence electrons. The number of rotatable bonds is 9. The molecule has 2 aromatic carbocycles. The zero-order valence-electron chi connectivity index (χ0n) is 20.0. The molecule has 0 unspecified atom stereocenters. The first-order valence-corrected chi connectivity index (χ1v) is 11.1. The third-order valence-corrected chi connectivity index (χ3v) is 5.53. The fraction of sp³-hybridized carbons (Fsp3) is 0.192. The lowest BCUT2D eigenvalue weighted by atomic mass is 10.1. The summed E-state index contributed by atoms with van der Waals surface area (Å²) in [4.78, 5) is 25.3. The Morgan fingerprint density at radius 1 is 1.14 bits per heavy atom. The summed E-state index contributed by atoms with van der Waals surface area (Å²) in [7, 11) is 6.01. The molecule has 0 saturated heterocycles. The van der Waals surface area contributed by atoms with Crippen LogP contribution in [0.2, 0.25) is 0 Å². The maximum absolute atomic E-state index is 13.8. The van der Waals surface area contributed by atoms with Crippen molar-refractivity contribution >= 4 is 34.6 Å². The highest BCUT2D eigenvalue weighted by atomic mass is 19.1. The van der Waals surface area contributed by atoms with Gasteiger partial charge in [-0.05, 0) is 62.1 Å². The van der Waals surface area contributed by atoms with Gasteiger partial charge in [-0.1, -0.05) is 18.7 Å². The number of hydrogen-bond donors (Lipinski definition) is 2. The van der Waals surface area contributed by atoms with Gasteiger partial charge < -0.3 is 20.4 Å². The van der Waals surface area contributed by atoms with Gasteiger partial charge in [-0.3, -0.25) is 9.20 Å². The Balaban J connectivity index is 1.64. The predicted octanol–water partition coefficient (Wildman–Crippen LogP) is 4.40. The van der Waals surface area contributed by atoms with Gasteiger partial charge in [0.1, 0.15) is 17.8 Å². The van der Waals surface area contributed by atoms with E-state index in [2.05, 4.69) is 37.0 Å². The Hall–Kier alpha value is -4.24. The number of carbonyl (C=O) groups excluding carboxylic acids is 1. The monoisotopic (exact) mass is 473 g/mol. The first kappa shape index (κ1) is 23.9. The number of amides is 1. The molecule has 8 nitrogen and oxygen atoms in total. The van der Waals surface area contributed by atoms with Crippen molar-refractivity contribution in [3.8, 4) is 11.1 Å². The zero-order chi connectivity index (χ0) is 24.9. The Labute approximate surface area is 203 Å². The highest BCUT2D eigenvalue weighted by Crippen LogP contribution is 2.30. The Bertz CT molecular complexity index is 1370. The van der Waals surface area contributed by atoms with Crippen molar-refractivity contribution in [3.63, 3.8) is 0 Å². The van der Waals surface area contributed by atoms with Gasteiger partial charge in [-0.2, -0.15) is 4.98 Å². The number of benzene rings is 2. The van der Waals surface area contributed by atoms with Gasteiger partial charge >= 0.3 is 0 Å². The average Bonchev–Trinajstić information content (AvgIpc) is 3.26. The number of anilines is 4. The van der Waals surface area contributed by atoms with E-state index in [-0.39, 0.29) is 11.7 Å². The molecule has 0 atom stereocenters. The number of nitrogens with one attached hydrogen (secondary N) is 2. The lowest BCUT2D eigenvalue weighted by Gasteiger charge is -2.24. The molecule has 2 N–H and O–H groups in total. The SMILES string of the molecule is C=CC(=O)Nc1cc(Nc2ncn3ccc(-c4cccc(F)c4)c3n2)ccc1N(C)CCN(C)C. The van der Waals surface area contributed by atoms with E-state index in [4.69, 9.17) is 0 Å². The molecule has 0 aliphatic rings. The second-order valence-electron chi connectivity index (χ2n) is 8.43. The number of halogens is 1. The van der Waals surface area contributed by atoms with Crippen molar-refractivity contribution in [2.75, 3.05) is 49.8 Å². The minimum Gasteiger partial charge on any atom is -0.372 e. The standard InChI is InChI=1S/C26H28FN7O/c1-5-24(35)30-22-16-20(9-10-23(22)33(4)14-13-32(2)3)29-26-28-17-34-12-11-21(25(34)31-26)18-7-6-8-19(27)15-18/h5-12,15-17H,1,13-14H2,2-4H3,(H,29,31)(H,30,35). The summed E-state index contributed by atoms with van der Waals surface area (Å²) in [6.45, 7) is 5.20. The second-order valence-corrected chi connectivity index (χ2v) is 8.43. The van der Waals surface area contributed by atoms with Gasteiger partial charge in [-0.15, -0.1) is 0 Å². The molecule has 4 aromatic rings. The number of nitrogens with zero attached hydrogens (tertiary/aromatic N) is 5. The molecule has 4 rings (SSSR count). The molecule has 35 heavy (non-hydrogen) atoms. The average molecular weight is 474 g/mol. The van der Waals surface area contributed by atoms with Gasteiger partial charge in [-0.25, -0.2) is 9.37 Å². The number of fused-ring (bicyclic) bond motifs is 1. The van der Waals surface area contributed by atoms with Crippen molar-refractivity contribution in [3.05, 3.63) is 79.5 Å². The molecule has 0 aliphatic heterocycles. The molecule has 0 bridgehead atoms. The van der Waals surface area contributed by atoms with E-state index >= 15 is 0 Å². The third-order valence-electron chi connectivity index (χ3n) is 5.53. The molecule has 2 aromatic heterocycles. The maximum atomic E-state index is 13.8. The number of aromatic nitrogens is 3. The van der Waals surface area contributed by atoms with E-state index in [1.54, 1.807) is 16.8 Å². The summed E-state index contributed by atoms with van der Waals surface area (Å²) in [6.07, 6.45) is 4.72. The summed E-state index contributed by atoms with van der Waals surface area (Å²) < 4.78 is 15.5. The molecule has 9 heteroatoms. The summed E-state index contributed by atoms with van der Waals surface area (Å²) in [5, 5.41) is 6.09. The normalized spacial score (nSPS) is 11.0. The number of carbonyl (C=O) groups is 1. The maximum Gasteiger partial charge on any atom is 0.247 e. The van der Waals surface area contributed by atoms with E-state index in [0.717, 1.165) is 29.9 Å². The second kappa shape index (κ2) is 10.4. The van der Waals surface area contributed by atoms with E-state index < -0.39 is 0 Å². The van der Waals surface area contributed by atoms with Crippen LogP contribution in [0.5, 0.6) is 0 Å². The Morgan fingerprint density at radius 3 is 2.71 bits per heavy atom. The lowest BCUT2D eigenvalue weighted by molar-refractivity contribution is -0.111. The number of hydrogen-bond acceptors (Lipinski definition) is 6. The molecule has 0 saturated carbocycles. The van der Waals surface area contributed by atoms with Crippen LogP contribution in [0, 0.1) is 5.82 Å². The fourth-order valence-corrected chi connectivity index (χ4v) is 3.67. The van der Waals surface area contributed by atoms with Gasteiger partial charge in [0.25, 0.3) is 0 Å². The van der Waals surface area contributed by atoms with Crippen LogP contribution in [0.15, 0.2) is 73.7 Å². The highest BCUT2D eigenvalue weighted by molar-refractivity contribution is 6.01. The lowest BCUT2D eigenvalue weighted by Crippen LogP contribution is -2.29. The van der Waals surface area contributed by atoms with Crippen molar-refractivity contribution in [2.45, 2.75) is 0 Å². The molecular formula is C26H28FN7O. The van der Waals surface area contributed by atoms with E-state index in [1.807, 2.05) is 57.7 Å². The molecule has 1 amide bonds. The topological polar surface area (TPSA) is 77.8 Å². The van der Waals surface area contributed by atoms with Crippen molar-refractivity contribution in [1.82, 2.24) is 19.3 Å². The van der Waals surface area contributed by atoms with Crippen LogP contribution in [-0.2, 0) is 4.79 Å². The minimum absolute atomic E-state index is 0.296. The van der Waals surface area contributed by atoms with E-state index in [0.29, 0.717) is 23.0 Å². The van der Waals surface area contributed by atoms with E-state index in [1.165, 1.54) is 18.2 Å². The Kier molecular flexibility index (Phi) is 7.07. The Morgan fingerprint density at radius 2 is 1.97 bits per heavy atom. The third kappa shape index (κ3) is 5.64. The number of likely N-dealkylation sites (N-methyl/N-ethyl adjacent to an activating group) is 2. The first-order chi connectivity index (χ1) is 16.8. The largest absolute Gasteiger partial charge is 0.372 e. The predicted molar refractivity (Wildman–Crippen MR) is 139 cm³/mol. The smallest absolute Gasteiger partial charge is 0.247 e. The molecule has 0 radical (unpaired) electrons. The van der Waals surface area contributed by atoms with Crippen LogP contribution in [0.25, 0.3) is 16.8 Å². The van der Waals surface area contributed by atoms with Crippen LogP contribution in [-0.4, -0.2) is 59.4 Å². The summed E-state index contributed by atoms with van der Waals surface area (Å²) in [5.74, 6) is -0.224. The van der Waals surface area contributed by atoms with Crippen molar-refractivity contribution in [2.24, 2.45) is 0 Å². The van der Waals surface area contributed by atoms with Gasteiger partial charge in [0, 0.05) is 37.6 Å². The van der Waals surface area contributed by atoms with Gasteiger partial charge in [0.05, 0.1) is 11.4 Å².